The van der Waals surface area contributed by atoms with Crippen LogP contribution in [0.4, 0.5) is 0 Å². The number of nitrogens with zero attached hydrogens (tertiary/aromatic N) is 1. The van der Waals surface area contributed by atoms with Crippen molar-refractivity contribution < 1.29 is 52.3 Å². The second-order valence-electron chi connectivity index (χ2n) is 15.7. The molecule has 0 saturated carbocycles. The van der Waals surface area contributed by atoms with Crippen LogP contribution in [-0.4, -0.2) is 97.3 Å². The summed E-state index contributed by atoms with van der Waals surface area (Å²) >= 11 is 0. The summed E-state index contributed by atoms with van der Waals surface area (Å²) in [7, 11) is 1.28. The third kappa shape index (κ3) is 44.4. The van der Waals surface area contributed by atoms with Crippen LogP contribution in [0.1, 0.15) is 104 Å². The average molecular weight is 911 g/mol. The molecule has 0 aliphatic rings. The van der Waals surface area contributed by atoms with Gasteiger partial charge in [0.25, 0.3) is 0 Å². The first-order chi connectivity index (χ1) is 30.8. The zero-order valence-electron chi connectivity index (χ0n) is 39.4. The van der Waals surface area contributed by atoms with Gasteiger partial charge in [0.15, 0.2) is 6.10 Å². The lowest BCUT2D eigenvalue weighted by atomic mass is 10.2. The van der Waals surface area contributed by atoms with Crippen molar-refractivity contribution >= 4 is 19.8 Å². The summed E-state index contributed by atoms with van der Waals surface area (Å²) in [5.41, 5.74) is 0. The predicted molar refractivity (Wildman–Crippen MR) is 263 cm³/mol. The molecule has 0 aliphatic heterocycles. The van der Waals surface area contributed by atoms with Gasteiger partial charge in [0.1, 0.15) is 19.8 Å². The normalized spacial score (nSPS) is 15.8. The molecule has 0 fully saturated rings. The van der Waals surface area contributed by atoms with Gasteiger partial charge in [0.2, 0.25) is 0 Å². The molecule has 0 aromatic rings. The van der Waals surface area contributed by atoms with Crippen molar-refractivity contribution in [1.82, 2.24) is 0 Å². The Morgan fingerprint density at radius 1 is 0.578 bits per heavy atom. The molecular formula is C52H81NO10P+. The summed E-state index contributed by atoms with van der Waals surface area (Å²) in [6.45, 7) is 3.76. The Bertz CT molecular complexity index is 1620. The number of quaternary nitrogens is 1. The van der Waals surface area contributed by atoms with Gasteiger partial charge in [-0.2, -0.15) is 0 Å². The number of aliphatic hydroxyl groups excluding tert-OH is 2. The molecule has 64 heavy (non-hydrogen) atoms. The van der Waals surface area contributed by atoms with E-state index in [0.717, 1.165) is 44.9 Å². The highest BCUT2D eigenvalue weighted by Crippen LogP contribution is 2.43. The van der Waals surface area contributed by atoms with Crippen molar-refractivity contribution in [3.05, 3.63) is 146 Å². The number of rotatable bonds is 38. The Kier molecular flexibility index (Phi) is 38.8. The van der Waals surface area contributed by atoms with E-state index in [1.807, 2.05) is 75.8 Å². The Labute approximate surface area is 386 Å². The summed E-state index contributed by atoms with van der Waals surface area (Å²) < 4.78 is 34.0. The lowest BCUT2D eigenvalue weighted by molar-refractivity contribution is -0.870. The molecule has 0 spiro atoms. The zero-order valence-corrected chi connectivity index (χ0v) is 40.3. The number of aliphatic hydroxyl groups is 2. The van der Waals surface area contributed by atoms with E-state index in [1.54, 1.807) is 30.4 Å². The number of likely N-dealkylation sites (N-methyl/N-ethyl adjacent to an activating group) is 1. The summed E-state index contributed by atoms with van der Waals surface area (Å²) in [5, 5.41) is 20.1. The first-order valence-corrected chi connectivity index (χ1v) is 24.3. The molecule has 0 bridgehead atoms. The number of allylic oxidation sites excluding steroid dienone is 20. The first-order valence-electron chi connectivity index (χ1n) is 22.8. The molecule has 0 saturated heterocycles. The molecule has 11 nitrogen and oxygen atoms in total. The highest BCUT2D eigenvalue weighted by molar-refractivity contribution is 7.47. The fraction of sp³-hybridized carbons (Fsp3) is 0.500. The van der Waals surface area contributed by atoms with Gasteiger partial charge in [-0.25, -0.2) is 4.57 Å². The molecule has 3 N–H and O–H groups in total. The van der Waals surface area contributed by atoms with Crippen LogP contribution in [0.2, 0.25) is 0 Å². The molecule has 12 heteroatoms. The number of phosphoric acid groups is 1. The minimum absolute atomic E-state index is 0.0272. The summed E-state index contributed by atoms with van der Waals surface area (Å²) in [6, 6.07) is 0. The Morgan fingerprint density at radius 2 is 1.11 bits per heavy atom. The zero-order chi connectivity index (χ0) is 47.4. The smallest absolute Gasteiger partial charge is 0.462 e. The Hall–Kier alpha value is -4.19. The SMILES string of the molecule is CC/C=C\C/C=C\C/C=C\C/C=C\C/C=C\C/C=C\CCC(=O)OC[C@H](COP(=O)(O)OCC[N+](C)(C)C)OC(=O)CCC/C=C\[C@@H](O)/C=C/C=C\C/C=C\C=C\[C@@H](O)C/C=C\CC. The van der Waals surface area contributed by atoms with E-state index < -0.39 is 44.7 Å². The number of hydrogen-bond donors (Lipinski definition) is 3. The lowest BCUT2D eigenvalue weighted by Gasteiger charge is -2.24. The maximum absolute atomic E-state index is 12.7. The summed E-state index contributed by atoms with van der Waals surface area (Å²) in [6.07, 6.45) is 54.2. The van der Waals surface area contributed by atoms with Crippen LogP contribution >= 0.6 is 7.82 Å². The van der Waals surface area contributed by atoms with E-state index in [2.05, 4.69) is 74.6 Å². The molecule has 0 aromatic heterocycles. The van der Waals surface area contributed by atoms with Crippen molar-refractivity contribution in [3.8, 4) is 0 Å². The minimum Gasteiger partial charge on any atom is -0.462 e. The molecule has 0 aromatic carbocycles. The molecule has 4 atom stereocenters. The van der Waals surface area contributed by atoms with E-state index in [1.165, 1.54) is 0 Å². The van der Waals surface area contributed by atoms with Gasteiger partial charge in [0, 0.05) is 12.8 Å². The van der Waals surface area contributed by atoms with Gasteiger partial charge in [-0.15, -0.1) is 0 Å². The Balaban J connectivity index is 4.74. The fourth-order valence-electron chi connectivity index (χ4n) is 5.01. The molecule has 1 unspecified atom stereocenters. The van der Waals surface area contributed by atoms with Crippen LogP contribution in [0.15, 0.2) is 146 Å². The van der Waals surface area contributed by atoms with Crippen LogP contribution in [0, 0.1) is 0 Å². The number of esters is 2. The largest absolute Gasteiger partial charge is 0.472 e. The number of phosphoric ester groups is 1. The quantitative estimate of drug-likeness (QED) is 0.0136. The standard InChI is InChI=1S/C52H80NO10P/c1-6-8-10-11-12-13-14-15-16-17-18-19-20-21-22-23-27-30-36-42-51(56)60-46-50(47-62-64(58,59)61-45-44-53(3,4)5)63-52(57)43-37-31-35-41-49(55)40-34-29-26-24-25-28-33-39-48(54)38-32-9-7-2/h8-10,12-13,15-16,18-19,21-22,25-30,32-35,39-41,48-50,54-55H,6-7,11,14,17,20,23-24,31,36-38,42-47H2,1-5H3/p+1/b10-8-,13-12-,16-15-,19-18-,22-21-,28-25-,29-26-,30-27-,32-9-,39-33+,40-34+,41-35-/t48-,49-,50+/m0/s1. The van der Waals surface area contributed by atoms with Crippen LogP contribution in [0.5, 0.6) is 0 Å². The molecule has 358 valence electrons. The Morgan fingerprint density at radius 3 is 1.69 bits per heavy atom. The topological polar surface area (TPSA) is 149 Å². The van der Waals surface area contributed by atoms with Gasteiger partial charge in [-0.1, -0.05) is 160 Å². The van der Waals surface area contributed by atoms with E-state index in [4.69, 9.17) is 18.5 Å². The number of carbonyl (C=O) groups excluding carboxylic acids is 2. The predicted octanol–water partition coefficient (Wildman–Crippen LogP) is 11.2. The summed E-state index contributed by atoms with van der Waals surface area (Å²) in [4.78, 5) is 35.4. The molecule has 0 aliphatic carbocycles. The molecule has 0 rings (SSSR count). The number of unbranched alkanes of at least 4 members (excludes halogenated alkanes) is 1. The van der Waals surface area contributed by atoms with E-state index >= 15 is 0 Å². The molecular weight excluding hydrogens is 830 g/mol. The monoisotopic (exact) mass is 911 g/mol. The van der Waals surface area contributed by atoms with E-state index in [9.17, 15) is 29.3 Å². The van der Waals surface area contributed by atoms with E-state index in [0.29, 0.717) is 43.1 Å². The number of ether oxygens (including phenoxy) is 2. The van der Waals surface area contributed by atoms with Gasteiger partial charge in [0.05, 0.1) is 40.0 Å². The van der Waals surface area contributed by atoms with Crippen molar-refractivity contribution in [1.29, 1.82) is 0 Å². The second kappa shape index (κ2) is 41.5. The maximum atomic E-state index is 12.7. The van der Waals surface area contributed by atoms with Crippen molar-refractivity contribution in [3.63, 3.8) is 0 Å². The van der Waals surface area contributed by atoms with Crippen molar-refractivity contribution in [2.45, 2.75) is 122 Å². The van der Waals surface area contributed by atoms with E-state index in [-0.39, 0.29) is 26.1 Å². The lowest BCUT2D eigenvalue weighted by Crippen LogP contribution is -2.37. The van der Waals surface area contributed by atoms with Crippen molar-refractivity contribution in [2.75, 3.05) is 47.5 Å². The minimum atomic E-state index is -4.46. The van der Waals surface area contributed by atoms with Gasteiger partial charge in [-0.05, 0) is 77.0 Å². The molecule has 0 heterocycles. The highest BCUT2D eigenvalue weighted by Gasteiger charge is 2.27. The van der Waals surface area contributed by atoms with Crippen LogP contribution in [0.25, 0.3) is 0 Å². The first kappa shape index (κ1) is 59.8. The molecule has 0 radical (unpaired) electrons. The number of carbonyl (C=O) groups is 2. The van der Waals surface area contributed by atoms with Crippen molar-refractivity contribution in [2.24, 2.45) is 0 Å². The third-order valence-corrected chi connectivity index (χ3v) is 9.54. The van der Waals surface area contributed by atoms with Crippen LogP contribution in [0.3, 0.4) is 0 Å². The maximum Gasteiger partial charge on any atom is 0.472 e. The van der Waals surface area contributed by atoms with Gasteiger partial charge in [-0.3, -0.25) is 18.6 Å². The van der Waals surface area contributed by atoms with Gasteiger partial charge < -0.3 is 29.1 Å². The second-order valence-corrected chi connectivity index (χ2v) is 17.2. The third-order valence-electron chi connectivity index (χ3n) is 8.55. The van der Waals surface area contributed by atoms with Crippen LogP contribution < -0.4 is 0 Å². The highest BCUT2D eigenvalue weighted by atomic mass is 31.2. The molecule has 0 amide bonds. The van der Waals surface area contributed by atoms with Gasteiger partial charge >= 0.3 is 19.8 Å². The summed E-state index contributed by atoms with van der Waals surface area (Å²) in [5.74, 6) is -1.10. The van der Waals surface area contributed by atoms with Crippen LogP contribution in [-0.2, 0) is 32.7 Å². The number of hydrogen-bond acceptors (Lipinski definition) is 9. The fourth-order valence-corrected chi connectivity index (χ4v) is 5.75. The average Bonchev–Trinajstić information content (AvgIpc) is 3.24.